The van der Waals surface area contributed by atoms with Crippen molar-refractivity contribution in [3.8, 4) is 0 Å². The zero-order valence-electron chi connectivity index (χ0n) is 9.79. The Bertz CT molecular complexity index is 333. The first-order chi connectivity index (χ1) is 7.79. The van der Waals surface area contributed by atoms with Crippen molar-refractivity contribution in [2.24, 2.45) is 0 Å². The normalized spacial score (nSPS) is 10.8. The molecule has 17 heavy (non-hydrogen) atoms. The molecule has 0 aliphatic carbocycles. The predicted octanol–water partition coefficient (Wildman–Crippen LogP) is 3.62. The Morgan fingerprint density at radius 2 is 1.65 bits per heavy atom. The van der Waals surface area contributed by atoms with Crippen molar-refractivity contribution in [1.82, 2.24) is 4.90 Å². The SMILES string of the molecule is O=C(c1ccccc1)C(Cl)(Cl)Cl.[CH2]CN(C)C. The quantitative estimate of drug-likeness (QED) is 0.613. The molecule has 0 fully saturated rings. The van der Waals surface area contributed by atoms with Crippen LogP contribution in [-0.4, -0.2) is 35.1 Å². The van der Waals surface area contributed by atoms with E-state index < -0.39 is 9.58 Å². The third-order valence-electron chi connectivity index (χ3n) is 1.74. The average Bonchev–Trinajstić information content (AvgIpc) is 2.29. The number of hydrogen-bond acceptors (Lipinski definition) is 2. The van der Waals surface area contributed by atoms with Gasteiger partial charge in [0, 0.05) is 5.56 Å². The molecule has 95 valence electrons. The standard InChI is InChI=1S/C8H5Cl3O.C4H10N/c9-8(10,11)7(12)6-4-2-1-3-5-6;1-4-5(2)3/h1-5H;1,4H2,2-3H3. The summed E-state index contributed by atoms with van der Waals surface area (Å²) in [7, 11) is 3.99. The van der Waals surface area contributed by atoms with Crippen LogP contribution in [0.5, 0.6) is 0 Å². The molecule has 0 N–H and O–H groups in total. The van der Waals surface area contributed by atoms with Crippen LogP contribution in [0.25, 0.3) is 0 Å². The number of Topliss-reactive ketones (excluding diaryl/α,β-unsaturated/α-hetero) is 1. The fourth-order valence-electron chi connectivity index (χ4n) is 0.753. The summed E-state index contributed by atoms with van der Waals surface area (Å²) in [6.45, 7) is 4.50. The van der Waals surface area contributed by atoms with Crippen molar-refractivity contribution in [1.29, 1.82) is 0 Å². The lowest BCUT2D eigenvalue weighted by Gasteiger charge is -2.08. The lowest BCUT2D eigenvalue weighted by atomic mass is 10.1. The van der Waals surface area contributed by atoms with Gasteiger partial charge < -0.3 is 4.90 Å². The van der Waals surface area contributed by atoms with Crippen molar-refractivity contribution in [3.05, 3.63) is 42.8 Å². The molecule has 2 nitrogen and oxygen atoms in total. The van der Waals surface area contributed by atoms with Gasteiger partial charge in [-0.1, -0.05) is 65.1 Å². The Morgan fingerprint density at radius 3 is 1.94 bits per heavy atom. The number of rotatable bonds is 2. The lowest BCUT2D eigenvalue weighted by molar-refractivity contribution is 0.0996. The third-order valence-corrected chi connectivity index (χ3v) is 2.26. The molecule has 0 saturated heterocycles. The van der Waals surface area contributed by atoms with Crippen molar-refractivity contribution in [3.63, 3.8) is 0 Å². The van der Waals surface area contributed by atoms with Crippen LogP contribution >= 0.6 is 34.8 Å². The van der Waals surface area contributed by atoms with Gasteiger partial charge in [-0.05, 0) is 27.6 Å². The summed E-state index contributed by atoms with van der Waals surface area (Å²) in [5, 5.41) is 0. The van der Waals surface area contributed by atoms with Gasteiger partial charge >= 0.3 is 0 Å². The van der Waals surface area contributed by atoms with E-state index in [9.17, 15) is 4.79 Å². The molecule has 1 rings (SSSR count). The maximum absolute atomic E-state index is 11.3. The van der Waals surface area contributed by atoms with E-state index in [1.54, 1.807) is 30.3 Å². The minimum absolute atomic E-state index is 0.400. The van der Waals surface area contributed by atoms with Crippen molar-refractivity contribution in [2.75, 3.05) is 20.6 Å². The van der Waals surface area contributed by atoms with Gasteiger partial charge in [0.25, 0.3) is 3.79 Å². The van der Waals surface area contributed by atoms with Crippen molar-refractivity contribution < 1.29 is 4.79 Å². The van der Waals surface area contributed by atoms with Gasteiger partial charge in [-0.3, -0.25) is 4.79 Å². The molecule has 0 unspecified atom stereocenters. The minimum Gasteiger partial charge on any atom is -0.309 e. The molecule has 0 bridgehead atoms. The van der Waals surface area contributed by atoms with Gasteiger partial charge in [0.2, 0.25) is 5.78 Å². The van der Waals surface area contributed by atoms with Crippen LogP contribution in [-0.2, 0) is 0 Å². The Morgan fingerprint density at radius 1 is 1.24 bits per heavy atom. The highest BCUT2D eigenvalue weighted by Crippen LogP contribution is 2.30. The third kappa shape index (κ3) is 7.61. The number of alkyl halides is 3. The highest BCUT2D eigenvalue weighted by Gasteiger charge is 2.31. The first kappa shape index (κ1) is 16.7. The largest absolute Gasteiger partial charge is 0.309 e. The van der Waals surface area contributed by atoms with E-state index in [4.69, 9.17) is 34.8 Å². The van der Waals surface area contributed by atoms with Crippen molar-refractivity contribution in [2.45, 2.75) is 3.79 Å². The number of hydrogen-bond donors (Lipinski definition) is 0. The molecule has 0 atom stereocenters. The first-order valence-electron chi connectivity index (χ1n) is 4.89. The molecule has 0 aromatic heterocycles. The van der Waals surface area contributed by atoms with Gasteiger partial charge in [0.05, 0.1) is 0 Å². The van der Waals surface area contributed by atoms with Crippen LogP contribution in [0.3, 0.4) is 0 Å². The topological polar surface area (TPSA) is 20.3 Å². The summed E-state index contributed by atoms with van der Waals surface area (Å²) in [5.41, 5.74) is 0.400. The number of ketones is 1. The Labute approximate surface area is 117 Å². The lowest BCUT2D eigenvalue weighted by Crippen LogP contribution is -2.18. The Kier molecular flexibility index (Phi) is 7.80. The van der Waals surface area contributed by atoms with Gasteiger partial charge in [-0.2, -0.15) is 0 Å². The number of carbonyl (C=O) groups excluding carboxylic acids is 1. The minimum atomic E-state index is -1.86. The number of halogens is 3. The van der Waals surface area contributed by atoms with Crippen LogP contribution < -0.4 is 0 Å². The van der Waals surface area contributed by atoms with Gasteiger partial charge in [-0.25, -0.2) is 0 Å². The summed E-state index contributed by atoms with van der Waals surface area (Å²) >= 11 is 16.2. The summed E-state index contributed by atoms with van der Waals surface area (Å²) in [6, 6.07) is 8.41. The number of nitrogens with zero attached hydrogens (tertiary/aromatic N) is 1. The van der Waals surface area contributed by atoms with E-state index in [1.165, 1.54) is 0 Å². The molecule has 0 amide bonds. The summed E-state index contributed by atoms with van der Waals surface area (Å²) in [6.07, 6.45) is 0. The zero-order valence-corrected chi connectivity index (χ0v) is 12.1. The summed E-state index contributed by atoms with van der Waals surface area (Å²) in [5.74, 6) is -0.506. The molecular formula is C12H15Cl3NO. The molecule has 5 heteroatoms. The second kappa shape index (κ2) is 7.93. The molecule has 0 aliphatic heterocycles. The van der Waals surface area contributed by atoms with E-state index >= 15 is 0 Å². The van der Waals surface area contributed by atoms with Gasteiger partial charge in [0.1, 0.15) is 0 Å². The van der Waals surface area contributed by atoms with E-state index in [0.717, 1.165) is 6.54 Å². The van der Waals surface area contributed by atoms with E-state index in [0.29, 0.717) is 5.56 Å². The summed E-state index contributed by atoms with van der Waals surface area (Å²) in [4.78, 5) is 13.3. The maximum Gasteiger partial charge on any atom is 0.253 e. The second-order valence-electron chi connectivity index (χ2n) is 3.50. The van der Waals surface area contributed by atoms with E-state index in [1.807, 2.05) is 19.0 Å². The van der Waals surface area contributed by atoms with Crippen LogP contribution in [0.2, 0.25) is 0 Å². The second-order valence-corrected chi connectivity index (χ2v) is 5.78. The Balaban J connectivity index is 0.000000437. The van der Waals surface area contributed by atoms with Crippen LogP contribution in [0.4, 0.5) is 0 Å². The highest BCUT2D eigenvalue weighted by molar-refractivity contribution is 6.77. The molecule has 1 aromatic carbocycles. The molecule has 1 radical (unpaired) electrons. The molecule has 0 spiro atoms. The highest BCUT2D eigenvalue weighted by atomic mass is 35.6. The molecule has 0 heterocycles. The number of benzene rings is 1. The van der Waals surface area contributed by atoms with E-state index in [2.05, 4.69) is 6.92 Å². The first-order valence-corrected chi connectivity index (χ1v) is 6.03. The predicted molar refractivity (Wildman–Crippen MR) is 75.0 cm³/mol. The zero-order chi connectivity index (χ0) is 13.5. The van der Waals surface area contributed by atoms with Gasteiger partial charge in [-0.15, -0.1) is 0 Å². The average molecular weight is 296 g/mol. The van der Waals surface area contributed by atoms with Crippen LogP contribution in [0.1, 0.15) is 10.4 Å². The van der Waals surface area contributed by atoms with Gasteiger partial charge in [0.15, 0.2) is 0 Å². The van der Waals surface area contributed by atoms with Crippen molar-refractivity contribution >= 4 is 40.6 Å². The molecule has 0 saturated carbocycles. The van der Waals surface area contributed by atoms with E-state index in [-0.39, 0.29) is 0 Å². The van der Waals surface area contributed by atoms with Crippen LogP contribution in [0.15, 0.2) is 30.3 Å². The summed E-state index contributed by atoms with van der Waals surface area (Å²) < 4.78 is -1.86. The molecule has 0 aliphatic rings. The maximum atomic E-state index is 11.3. The monoisotopic (exact) mass is 294 g/mol. The molecule has 1 aromatic rings. The van der Waals surface area contributed by atoms with Crippen LogP contribution in [0, 0.1) is 6.92 Å². The molecular weight excluding hydrogens is 280 g/mol. The fraction of sp³-hybridized carbons (Fsp3) is 0.333. The fourth-order valence-corrected chi connectivity index (χ4v) is 1.08. The Hall–Kier alpha value is -0.280. The number of carbonyl (C=O) groups is 1. The smallest absolute Gasteiger partial charge is 0.253 e.